The zero-order chi connectivity index (χ0) is 13.2. The number of methoxy groups -OCH3 is 1. The highest BCUT2D eigenvalue weighted by atomic mass is 16.5. The minimum Gasteiger partial charge on any atom is -0.497 e. The molecule has 0 aromatic heterocycles. The maximum atomic E-state index is 11.0. The van der Waals surface area contributed by atoms with E-state index in [9.17, 15) is 4.79 Å². The molecule has 2 rings (SSSR count). The van der Waals surface area contributed by atoms with Gasteiger partial charge in [0.25, 0.3) is 0 Å². The SMILES string of the molecule is COc1ccc(C2(CC(C)C(=O)O)COC2)cc1. The van der Waals surface area contributed by atoms with Crippen molar-refractivity contribution in [2.24, 2.45) is 5.92 Å². The Morgan fingerprint density at radius 3 is 2.44 bits per heavy atom. The summed E-state index contributed by atoms with van der Waals surface area (Å²) in [5, 5.41) is 9.03. The summed E-state index contributed by atoms with van der Waals surface area (Å²) in [6.07, 6.45) is 0.606. The van der Waals surface area contributed by atoms with Gasteiger partial charge in [-0.15, -0.1) is 0 Å². The minimum atomic E-state index is -0.755. The fraction of sp³-hybridized carbons (Fsp3) is 0.500. The highest BCUT2D eigenvalue weighted by molar-refractivity contribution is 5.69. The van der Waals surface area contributed by atoms with Crippen molar-refractivity contribution in [3.05, 3.63) is 29.8 Å². The Hall–Kier alpha value is -1.55. The van der Waals surface area contributed by atoms with Gasteiger partial charge in [-0.2, -0.15) is 0 Å². The van der Waals surface area contributed by atoms with Crippen molar-refractivity contribution in [2.45, 2.75) is 18.8 Å². The average Bonchev–Trinajstić information content (AvgIpc) is 2.33. The second kappa shape index (κ2) is 4.98. The Kier molecular flexibility index (Phi) is 3.57. The van der Waals surface area contributed by atoms with Crippen LogP contribution in [-0.2, 0) is 14.9 Å². The van der Waals surface area contributed by atoms with Crippen LogP contribution in [0, 0.1) is 5.92 Å². The molecule has 1 N–H and O–H groups in total. The molecule has 0 spiro atoms. The normalized spacial score (nSPS) is 18.8. The Morgan fingerprint density at radius 2 is 2.06 bits per heavy atom. The van der Waals surface area contributed by atoms with Crippen LogP contribution in [-0.4, -0.2) is 31.4 Å². The highest BCUT2D eigenvalue weighted by Crippen LogP contribution is 2.38. The number of carboxylic acid groups (broad SMARTS) is 1. The standard InChI is InChI=1S/C14H18O4/c1-10(13(15)16)7-14(8-18-9-14)11-3-5-12(17-2)6-4-11/h3-6,10H,7-9H2,1-2H3,(H,15,16). The summed E-state index contributed by atoms with van der Waals surface area (Å²) in [6.45, 7) is 2.93. The lowest BCUT2D eigenvalue weighted by molar-refractivity contribution is -0.144. The second-order valence-electron chi connectivity index (χ2n) is 4.95. The summed E-state index contributed by atoms with van der Waals surface area (Å²) < 4.78 is 10.4. The molecule has 1 atom stereocenters. The fourth-order valence-electron chi connectivity index (χ4n) is 2.37. The van der Waals surface area contributed by atoms with Crippen molar-refractivity contribution in [2.75, 3.05) is 20.3 Å². The molecule has 1 aliphatic heterocycles. The molecule has 1 heterocycles. The van der Waals surface area contributed by atoms with Crippen LogP contribution in [0.5, 0.6) is 5.75 Å². The number of carbonyl (C=O) groups is 1. The molecule has 1 aliphatic rings. The van der Waals surface area contributed by atoms with Gasteiger partial charge in [-0.05, 0) is 24.1 Å². The van der Waals surface area contributed by atoms with Crippen molar-refractivity contribution in [3.63, 3.8) is 0 Å². The molecule has 0 amide bonds. The monoisotopic (exact) mass is 250 g/mol. The Bertz CT molecular complexity index is 420. The van der Waals surface area contributed by atoms with Crippen molar-refractivity contribution in [3.8, 4) is 5.75 Å². The molecule has 98 valence electrons. The van der Waals surface area contributed by atoms with Crippen LogP contribution in [0.3, 0.4) is 0 Å². The van der Waals surface area contributed by atoms with E-state index < -0.39 is 5.97 Å². The van der Waals surface area contributed by atoms with Crippen LogP contribution >= 0.6 is 0 Å². The molecule has 1 fully saturated rings. The third-order valence-electron chi connectivity index (χ3n) is 3.58. The summed E-state index contributed by atoms with van der Waals surface area (Å²) in [4.78, 5) is 11.0. The fourth-order valence-corrected chi connectivity index (χ4v) is 2.37. The Labute approximate surface area is 107 Å². The summed E-state index contributed by atoms with van der Waals surface area (Å²) in [5.74, 6) is -0.314. The third kappa shape index (κ3) is 2.34. The van der Waals surface area contributed by atoms with Gasteiger partial charge in [0, 0.05) is 5.41 Å². The largest absolute Gasteiger partial charge is 0.497 e. The van der Waals surface area contributed by atoms with E-state index in [1.54, 1.807) is 14.0 Å². The average molecular weight is 250 g/mol. The molecule has 1 unspecified atom stereocenters. The third-order valence-corrected chi connectivity index (χ3v) is 3.58. The van der Waals surface area contributed by atoms with Gasteiger partial charge in [0.05, 0.1) is 26.2 Å². The molecular weight excluding hydrogens is 232 g/mol. The maximum absolute atomic E-state index is 11.0. The molecule has 1 aromatic carbocycles. The summed E-state index contributed by atoms with van der Waals surface area (Å²) in [7, 11) is 1.63. The van der Waals surface area contributed by atoms with Crippen LogP contribution < -0.4 is 4.74 Å². The van der Waals surface area contributed by atoms with E-state index in [0.717, 1.165) is 11.3 Å². The number of rotatable bonds is 5. The molecule has 4 heteroatoms. The summed E-state index contributed by atoms with van der Waals surface area (Å²) >= 11 is 0. The van der Waals surface area contributed by atoms with Gasteiger partial charge in [0.2, 0.25) is 0 Å². The molecule has 0 aliphatic carbocycles. The lowest BCUT2D eigenvalue weighted by Crippen LogP contribution is -2.48. The zero-order valence-corrected chi connectivity index (χ0v) is 10.7. The smallest absolute Gasteiger partial charge is 0.306 e. The molecule has 1 saturated heterocycles. The van der Waals surface area contributed by atoms with E-state index in [0.29, 0.717) is 19.6 Å². The van der Waals surface area contributed by atoms with Crippen molar-refractivity contribution in [1.29, 1.82) is 0 Å². The van der Waals surface area contributed by atoms with E-state index in [1.165, 1.54) is 0 Å². The van der Waals surface area contributed by atoms with Crippen LogP contribution in [0.2, 0.25) is 0 Å². The molecule has 0 bridgehead atoms. The number of benzene rings is 1. The minimum absolute atomic E-state index is 0.149. The van der Waals surface area contributed by atoms with Gasteiger partial charge in [-0.3, -0.25) is 4.79 Å². The van der Waals surface area contributed by atoms with Crippen LogP contribution in [0.4, 0.5) is 0 Å². The zero-order valence-electron chi connectivity index (χ0n) is 10.7. The first-order valence-corrected chi connectivity index (χ1v) is 6.02. The number of ether oxygens (including phenoxy) is 2. The first-order chi connectivity index (χ1) is 8.57. The molecular formula is C14H18O4. The highest BCUT2D eigenvalue weighted by Gasteiger charge is 2.42. The number of carboxylic acids is 1. The molecule has 0 radical (unpaired) electrons. The van der Waals surface area contributed by atoms with Gasteiger partial charge in [0.15, 0.2) is 0 Å². The van der Waals surface area contributed by atoms with Crippen LogP contribution in [0.1, 0.15) is 18.9 Å². The second-order valence-corrected chi connectivity index (χ2v) is 4.95. The van der Waals surface area contributed by atoms with Gasteiger partial charge >= 0.3 is 5.97 Å². The quantitative estimate of drug-likeness (QED) is 0.869. The summed E-state index contributed by atoms with van der Waals surface area (Å²) in [5.41, 5.74) is 0.979. The van der Waals surface area contributed by atoms with Crippen molar-refractivity contribution < 1.29 is 19.4 Å². The van der Waals surface area contributed by atoms with Gasteiger partial charge in [0.1, 0.15) is 5.75 Å². The predicted molar refractivity (Wildman–Crippen MR) is 66.9 cm³/mol. The molecule has 0 saturated carbocycles. The van der Waals surface area contributed by atoms with Gasteiger partial charge in [-0.1, -0.05) is 19.1 Å². The van der Waals surface area contributed by atoms with Crippen molar-refractivity contribution in [1.82, 2.24) is 0 Å². The van der Waals surface area contributed by atoms with Gasteiger partial charge < -0.3 is 14.6 Å². The molecule has 18 heavy (non-hydrogen) atoms. The Balaban J connectivity index is 2.18. The maximum Gasteiger partial charge on any atom is 0.306 e. The lowest BCUT2D eigenvalue weighted by Gasteiger charge is -2.43. The van der Waals surface area contributed by atoms with E-state index in [-0.39, 0.29) is 11.3 Å². The van der Waals surface area contributed by atoms with E-state index in [1.807, 2.05) is 24.3 Å². The lowest BCUT2D eigenvalue weighted by atomic mass is 9.72. The summed E-state index contributed by atoms with van der Waals surface area (Å²) in [6, 6.07) is 7.80. The first-order valence-electron chi connectivity index (χ1n) is 6.02. The predicted octanol–water partition coefficient (Wildman–Crippen LogP) is 2.07. The van der Waals surface area contributed by atoms with E-state index in [4.69, 9.17) is 14.6 Å². The van der Waals surface area contributed by atoms with E-state index in [2.05, 4.69) is 0 Å². The van der Waals surface area contributed by atoms with Gasteiger partial charge in [-0.25, -0.2) is 0 Å². The number of hydrogen-bond donors (Lipinski definition) is 1. The molecule has 1 aromatic rings. The Morgan fingerprint density at radius 1 is 1.44 bits per heavy atom. The topological polar surface area (TPSA) is 55.8 Å². The van der Waals surface area contributed by atoms with Crippen LogP contribution in [0.25, 0.3) is 0 Å². The van der Waals surface area contributed by atoms with Crippen LogP contribution in [0.15, 0.2) is 24.3 Å². The van der Waals surface area contributed by atoms with E-state index >= 15 is 0 Å². The molecule has 4 nitrogen and oxygen atoms in total. The number of hydrogen-bond acceptors (Lipinski definition) is 3. The van der Waals surface area contributed by atoms with Crippen molar-refractivity contribution >= 4 is 5.97 Å². The first kappa shape index (κ1) is 12.9. The number of aliphatic carboxylic acids is 1.